The summed E-state index contributed by atoms with van der Waals surface area (Å²) in [5.41, 5.74) is 1.92. The fourth-order valence-electron chi connectivity index (χ4n) is 4.78. The van der Waals surface area contributed by atoms with Crippen LogP contribution in [0.5, 0.6) is 11.5 Å². The Hall–Kier alpha value is -3.49. The summed E-state index contributed by atoms with van der Waals surface area (Å²) in [5, 5.41) is 2.78. The van der Waals surface area contributed by atoms with Crippen molar-refractivity contribution >= 4 is 12.1 Å². The Balaban J connectivity index is 1.65. The fourth-order valence-corrected chi connectivity index (χ4v) is 4.78. The number of aromatic nitrogens is 1. The summed E-state index contributed by atoms with van der Waals surface area (Å²) in [6.45, 7) is 8.76. The Morgan fingerprint density at radius 3 is 2.46 bits per heavy atom. The zero-order valence-electron chi connectivity index (χ0n) is 24.1. The van der Waals surface area contributed by atoms with Gasteiger partial charge in [0.15, 0.2) is 16.9 Å². The third-order valence-corrected chi connectivity index (χ3v) is 6.76. The molecule has 1 N–H and O–H groups in total. The van der Waals surface area contributed by atoms with E-state index in [9.17, 15) is 14.4 Å². The van der Waals surface area contributed by atoms with Gasteiger partial charge in [0.2, 0.25) is 0 Å². The average molecular weight is 543 g/mol. The lowest BCUT2D eigenvalue weighted by Crippen LogP contribution is -2.32. The van der Waals surface area contributed by atoms with E-state index in [1.54, 1.807) is 13.3 Å². The van der Waals surface area contributed by atoms with Crippen molar-refractivity contribution in [3.8, 4) is 22.8 Å². The normalized spacial score (nSPS) is 14.5. The molecule has 1 amide bonds. The second-order valence-electron chi connectivity index (χ2n) is 10.8. The molecule has 9 heteroatoms. The number of carbonyl (C=O) groups is 2. The summed E-state index contributed by atoms with van der Waals surface area (Å²) in [7, 11) is 2.88. The maximum Gasteiger partial charge on any atom is 0.407 e. The number of pyridine rings is 1. The Morgan fingerprint density at radius 2 is 1.79 bits per heavy atom. The number of benzene rings is 1. The highest BCUT2D eigenvalue weighted by molar-refractivity contribution is 5.89. The molecule has 0 radical (unpaired) electrons. The van der Waals surface area contributed by atoms with Crippen molar-refractivity contribution in [3.63, 3.8) is 0 Å². The lowest BCUT2D eigenvalue weighted by atomic mass is 9.99. The minimum absolute atomic E-state index is 0.0377. The van der Waals surface area contributed by atoms with Gasteiger partial charge in [-0.1, -0.05) is 19.8 Å². The van der Waals surface area contributed by atoms with Crippen LogP contribution >= 0.6 is 0 Å². The number of fused-ring (bicyclic) bond motifs is 3. The molecule has 2 heterocycles. The van der Waals surface area contributed by atoms with Gasteiger partial charge in [-0.15, -0.1) is 0 Å². The Kier molecular flexibility index (Phi) is 10.4. The number of nitrogens with one attached hydrogen (secondary N) is 1. The van der Waals surface area contributed by atoms with Crippen LogP contribution in [0.2, 0.25) is 0 Å². The molecule has 1 aliphatic heterocycles. The van der Waals surface area contributed by atoms with E-state index in [4.69, 9.17) is 18.9 Å². The second-order valence-corrected chi connectivity index (χ2v) is 10.8. The van der Waals surface area contributed by atoms with E-state index in [1.807, 2.05) is 37.5 Å². The van der Waals surface area contributed by atoms with Crippen LogP contribution < -0.4 is 20.2 Å². The van der Waals surface area contributed by atoms with Crippen molar-refractivity contribution in [2.45, 2.75) is 84.3 Å². The maximum absolute atomic E-state index is 12.8. The topological polar surface area (TPSA) is 105 Å². The van der Waals surface area contributed by atoms with E-state index in [-0.39, 0.29) is 23.1 Å². The first-order chi connectivity index (χ1) is 18.6. The zero-order chi connectivity index (χ0) is 28.6. The number of aryl methyl sites for hydroxylation is 1. The molecule has 0 bridgehead atoms. The smallest absolute Gasteiger partial charge is 0.407 e. The SMILES string of the molecule is CCC1CCc2cc(OCCCCCCNC(=O)OC(C)(C)C)c(OC)cc2-c2cc(=O)c(C(=O)OC)cn21. The molecule has 1 atom stereocenters. The van der Waals surface area contributed by atoms with E-state index in [0.29, 0.717) is 24.7 Å². The molecule has 1 aliphatic rings. The average Bonchev–Trinajstić information content (AvgIpc) is 3.03. The van der Waals surface area contributed by atoms with Gasteiger partial charge in [0.1, 0.15) is 11.2 Å². The molecule has 0 fully saturated rings. The number of alkyl carbamates (subject to hydrolysis) is 1. The molecule has 1 unspecified atom stereocenters. The molecule has 0 spiro atoms. The molecular weight excluding hydrogens is 500 g/mol. The molecule has 1 aromatic heterocycles. The monoisotopic (exact) mass is 542 g/mol. The van der Waals surface area contributed by atoms with E-state index >= 15 is 0 Å². The molecule has 9 nitrogen and oxygen atoms in total. The molecule has 0 saturated carbocycles. The summed E-state index contributed by atoms with van der Waals surface area (Å²) < 4.78 is 23.9. The molecule has 1 aromatic carbocycles. The Bertz CT molecular complexity index is 1210. The summed E-state index contributed by atoms with van der Waals surface area (Å²) in [5.74, 6) is 0.648. The minimum atomic E-state index is -0.629. The predicted octanol–water partition coefficient (Wildman–Crippen LogP) is 5.67. The third-order valence-electron chi connectivity index (χ3n) is 6.76. The van der Waals surface area contributed by atoms with Crippen molar-refractivity contribution in [2.75, 3.05) is 27.4 Å². The molecule has 39 heavy (non-hydrogen) atoms. The molecule has 3 rings (SSSR count). The van der Waals surface area contributed by atoms with Crippen LogP contribution in [-0.4, -0.2) is 49.6 Å². The summed E-state index contributed by atoms with van der Waals surface area (Å²) >= 11 is 0. The van der Waals surface area contributed by atoms with E-state index in [0.717, 1.165) is 61.8 Å². The zero-order valence-corrected chi connectivity index (χ0v) is 24.1. The van der Waals surface area contributed by atoms with Crippen LogP contribution in [0.25, 0.3) is 11.3 Å². The lowest BCUT2D eigenvalue weighted by Gasteiger charge is -2.21. The highest BCUT2D eigenvalue weighted by atomic mass is 16.6. The summed E-state index contributed by atoms with van der Waals surface area (Å²) in [6.07, 6.45) is 7.47. The van der Waals surface area contributed by atoms with Gasteiger partial charge in [0.25, 0.3) is 0 Å². The summed E-state index contributed by atoms with van der Waals surface area (Å²) in [4.78, 5) is 36.7. The first kappa shape index (κ1) is 30.1. The quantitative estimate of drug-likeness (QED) is 0.288. The Labute approximate surface area is 230 Å². The van der Waals surface area contributed by atoms with Gasteiger partial charge >= 0.3 is 12.1 Å². The van der Waals surface area contributed by atoms with Crippen molar-refractivity contribution in [2.24, 2.45) is 0 Å². The van der Waals surface area contributed by atoms with Crippen LogP contribution in [0.4, 0.5) is 4.79 Å². The van der Waals surface area contributed by atoms with Gasteiger partial charge in [-0.05, 0) is 70.6 Å². The van der Waals surface area contributed by atoms with Gasteiger partial charge < -0.3 is 28.8 Å². The van der Waals surface area contributed by atoms with Gasteiger partial charge in [-0.2, -0.15) is 0 Å². The van der Waals surface area contributed by atoms with Gasteiger partial charge in [-0.3, -0.25) is 4.79 Å². The van der Waals surface area contributed by atoms with Gasteiger partial charge in [0.05, 0.1) is 26.5 Å². The van der Waals surface area contributed by atoms with E-state index < -0.39 is 11.6 Å². The first-order valence-corrected chi connectivity index (χ1v) is 13.7. The number of amides is 1. The maximum atomic E-state index is 12.8. The third kappa shape index (κ3) is 8.00. The standard InChI is InChI=1S/C30H42N2O7/c1-7-21-13-12-20-16-27(38-15-11-9-8-10-14-31-29(35)39-30(2,3)4)26(36-5)17-22(20)24-18-25(33)23(19-32(21)24)28(34)37-6/h16-19,21H,7-15H2,1-6H3,(H,31,35). The van der Waals surface area contributed by atoms with Crippen molar-refractivity contribution in [3.05, 3.63) is 45.7 Å². The summed E-state index contributed by atoms with van der Waals surface area (Å²) in [6, 6.07) is 5.60. The number of carbonyl (C=O) groups excluding carboxylic acids is 2. The molecule has 0 aliphatic carbocycles. The van der Waals surface area contributed by atoms with E-state index in [1.165, 1.54) is 13.2 Å². The number of hydrogen-bond acceptors (Lipinski definition) is 7. The minimum Gasteiger partial charge on any atom is -0.493 e. The van der Waals surface area contributed by atoms with Crippen LogP contribution in [-0.2, 0) is 15.9 Å². The van der Waals surface area contributed by atoms with Crippen molar-refractivity contribution < 1.29 is 28.5 Å². The number of hydrogen-bond donors (Lipinski definition) is 1. The number of rotatable bonds is 11. The Morgan fingerprint density at radius 1 is 1.05 bits per heavy atom. The fraction of sp³-hybridized carbons (Fsp3) is 0.567. The molecular formula is C30H42N2O7. The van der Waals surface area contributed by atoms with Crippen molar-refractivity contribution in [1.29, 1.82) is 0 Å². The van der Waals surface area contributed by atoms with Crippen LogP contribution in [0.3, 0.4) is 0 Å². The first-order valence-electron chi connectivity index (χ1n) is 13.7. The molecule has 0 saturated heterocycles. The second kappa shape index (κ2) is 13.5. The van der Waals surface area contributed by atoms with Crippen LogP contribution in [0.15, 0.2) is 29.2 Å². The largest absolute Gasteiger partial charge is 0.493 e. The number of esters is 1. The highest BCUT2D eigenvalue weighted by Gasteiger charge is 2.25. The van der Waals surface area contributed by atoms with Crippen molar-refractivity contribution in [1.82, 2.24) is 9.88 Å². The highest BCUT2D eigenvalue weighted by Crippen LogP contribution is 2.40. The van der Waals surface area contributed by atoms with Crippen LogP contribution in [0.1, 0.15) is 88.2 Å². The number of ether oxygens (including phenoxy) is 4. The molecule has 214 valence electrons. The van der Waals surface area contributed by atoms with Crippen LogP contribution in [0, 0.1) is 0 Å². The molecule has 2 aromatic rings. The lowest BCUT2D eigenvalue weighted by molar-refractivity contribution is 0.0525. The van der Waals surface area contributed by atoms with Gasteiger partial charge in [-0.25, -0.2) is 9.59 Å². The number of nitrogens with zero attached hydrogens (tertiary/aromatic N) is 1. The predicted molar refractivity (Wildman–Crippen MR) is 150 cm³/mol. The van der Waals surface area contributed by atoms with Gasteiger partial charge in [0, 0.05) is 30.4 Å². The van der Waals surface area contributed by atoms with E-state index in [2.05, 4.69) is 12.2 Å². The number of unbranched alkanes of at least 4 members (excludes halogenated alkanes) is 3. The number of methoxy groups -OCH3 is 2.